The third-order valence-electron chi connectivity index (χ3n) is 2.38. The molecule has 1 aliphatic heterocycles. The summed E-state index contributed by atoms with van der Waals surface area (Å²) in [5, 5.41) is -0.0376. The summed E-state index contributed by atoms with van der Waals surface area (Å²) in [4.78, 5) is 10.8. The van der Waals surface area contributed by atoms with E-state index in [2.05, 4.69) is 9.46 Å². The monoisotopic (exact) mass is 293 g/mol. The molecule has 1 N–H and O–H groups in total. The number of hydrogen-bond acceptors (Lipinski definition) is 4. The lowest BCUT2D eigenvalue weighted by Crippen LogP contribution is -2.37. The average Bonchev–Trinajstić information content (AvgIpc) is 2.62. The minimum Gasteiger partial charge on any atom is -0.464 e. The Balaban J connectivity index is 2.27. The summed E-state index contributed by atoms with van der Waals surface area (Å²) < 4.78 is 43.6. The summed E-state index contributed by atoms with van der Waals surface area (Å²) >= 11 is 5.58. The normalized spacial score (nSPS) is 19.9. The Morgan fingerprint density at radius 3 is 2.67 bits per heavy atom. The van der Waals surface area contributed by atoms with Crippen molar-refractivity contribution < 1.29 is 22.3 Å². The second kappa shape index (κ2) is 4.83. The van der Waals surface area contributed by atoms with Gasteiger partial charge in [-0.05, 0) is 18.2 Å². The number of carbonyl (C=O) groups excluding carboxylic acids is 1. The molecule has 1 saturated heterocycles. The van der Waals surface area contributed by atoms with Gasteiger partial charge in [0, 0.05) is 11.4 Å². The molecular weight excluding hydrogens is 285 g/mol. The largest absolute Gasteiger partial charge is 0.464 e. The maximum absolute atomic E-state index is 13.1. The van der Waals surface area contributed by atoms with Crippen molar-refractivity contribution in [3.63, 3.8) is 0 Å². The molecule has 8 heteroatoms. The van der Waals surface area contributed by atoms with Crippen LogP contribution < -0.4 is 4.72 Å². The Bertz CT molecular complexity index is 569. The Morgan fingerprint density at radius 2 is 2.11 bits per heavy atom. The van der Waals surface area contributed by atoms with E-state index in [9.17, 15) is 17.6 Å². The van der Waals surface area contributed by atoms with Crippen LogP contribution in [0.1, 0.15) is 6.42 Å². The highest BCUT2D eigenvalue weighted by Gasteiger charge is 2.31. The van der Waals surface area contributed by atoms with E-state index in [0.717, 1.165) is 18.2 Å². The Morgan fingerprint density at radius 1 is 1.39 bits per heavy atom. The first kappa shape index (κ1) is 13.3. The number of esters is 1. The molecule has 0 aliphatic carbocycles. The minimum absolute atomic E-state index is 0.0376. The van der Waals surface area contributed by atoms with E-state index < -0.39 is 27.9 Å². The van der Waals surface area contributed by atoms with Crippen molar-refractivity contribution in [2.45, 2.75) is 17.4 Å². The van der Waals surface area contributed by atoms with E-state index in [-0.39, 0.29) is 22.9 Å². The number of benzene rings is 1. The Labute approximate surface area is 108 Å². The molecule has 0 aromatic heterocycles. The lowest BCUT2D eigenvalue weighted by molar-refractivity contribution is -0.139. The van der Waals surface area contributed by atoms with Crippen LogP contribution in [-0.2, 0) is 19.6 Å². The zero-order valence-electron chi connectivity index (χ0n) is 9.02. The van der Waals surface area contributed by atoms with Crippen molar-refractivity contribution in [1.29, 1.82) is 0 Å². The van der Waals surface area contributed by atoms with Crippen molar-refractivity contribution in [3.05, 3.63) is 29.0 Å². The molecule has 0 saturated carbocycles. The van der Waals surface area contributed by atoms with Gasteiger partial charge in [-0.3, -0.25) is 4.79 Å². The molecule has 2 rings (SSSR count). The fourth-order valence-electron chi connectivity index (χ4n) is 1.54. The first-order chi connectivity index (χ1) is 8.38. The molecule has 1 aromatic carbocycles. The zero-order valence-corrected chi connectivity index (χ0v) is 10.6. The molecule has 1 fully saturated rings. The highest BCUT2D eigenvalue weighted by Crippen LogP contribution is 2.19. The van der Waals surface area contributed by atoms with Crippen LogP contribution in [0.25, 0.3) is 0 Å². The molecule has 0 amide bonds. The minimum atomic E-state index is -4.00. The predicted molar refractivity (Wildman–Crippen MR) is 61.1 cm³/mol. The maximum atomic E-state index is 13.1. The van der Waals surface area contributed by atoms with Crippen LogP contribution in [-0.4, -0.2) is 27.0 Å². The number of hydrogen-bond donors (Lipinski definition) is 1. The van der Waals surface area contributed by atoms with E-state index in [0.29, 0.717) is 0 Å². The number of sulfonamides is 1. The first-order valence-electron chi connectivity index (χ1n) is 5.03. The van der Waals surface area contributed by atoms with Crippen LogP contribution in [0.5, 0.6) is 0 Å². The molecule has 98 valence electrons. The van der Waals surface area contributed by atoms with Gasteiger partial charge < -0.3 is 4.74 Å². The van der Waals surface area contributed by atoms with E-state index >= 15 is 0 Å². The van der Waals surface area contributed by atoms with Crippen molar-refractivity contribution >= 4 is 27.6 Å². The molecule has 0 bridgehead atoms. The fraction of sp³-hybridized carbons (Fsp3) is 0.300. The van der Waals surface area contributed by atoms with Gasteiger partial charge in [0.1, 0.15) is 11.9 Å². The van der Waals surface area contributed by atoms with Gasteiger partial charge in [-0.25, -0.2) is 12.8 Å². The van der Waals surface area contributed by atoms with Crippen LogP contribution in [0.4, 0.5) is 4.39 Å². The number of carbonyl (C=O) groups is 1. The van der Waals surface area contributed by atoms with E-state index in [4.69, 9.17) is 11.6 Å². The number of nitrogens with one attached hydrogen (secondary N) is 1. The highest BCUT2D eigenvalue weighted by molar-refractivity contribution is 7.89. The molecule has 18 heavy (non-hydrogen) atoms. The zero-order chi connectivity index (χ0) is 13.3. The summed E-state index contributed by atoms with van der Waals surface area (Å²) in [5.41, 5.74) is 0. The topological polar surface area (TPSA) is 72.5 Å². The van der Waals surface area contributed by atoms with E-state index in [1.54, 1.807) is 0 Å². The lowest BCUT2D eigenvalue weighted by atomic mass is 10.3. The molecule has 0 radical (unpaired) electrons. The van der Waals surface area contributed by atoms with E-state index in [1.165, 1.54) is 0 Å². The third kappa shape index (κ3) is 2.80. The van der Waals surface area contributed by atoms with Crippen molar-refractivity contribution in [2.75, 3.05) is 6.61 Å². The van der Waals surface area contributed by atoms with Gasteiger partial charge in [0.25, 0.3) is 0 Å². The Hall–Kier alpha value is -1.18. The van der Waals surface area contributed by atoms with Gasteiger partial charge in [-0.2, -0.15) is 4.72 Å². The molecule has 0 unspecified atom stereocenters. The Kier molecular flexibility index (Phi) is 3.56. The van der Waals surface area contributed by atoms with Gasteiger partial charge in [0.05, 0.1) is 11.5 Å². The smallest absolute Gasteiger partial charge is 0.324 e. The standard InChI is InChI=1S/C10H9ClFNO4S/c11-6-3-7(12)5-8(4-6)18(15,16)13-9-1-2-17-10(9)14/h3-5,9,13H,1-2H2/t9-/m0/s1. The van der Waals surface area contributed by atoms with Crippen LogP contribution in [0.3, 0.4) is 0 Å². The number of rotatable bonds is 3. The predicted octanol–water partition coefficient (Wildman–Crippen LogP) is 1.07. The van der Waals surface area contributed by atoms with Crippen LogP contribution >= 0.6 is 11.6 Å². The summed E-state index contributed by atoms with van der Waals surface area (Å²) in [7, 11) is -4.00. The van der Waals surface area contributed by atoms with Gasteiger partial charge in [0.2, 0.25) is 10.0 Å². The van der Waals surface area contributed by atoms with E-state index in [1.807, 2.05) is 0 Å². The highest BCUT2D eigenvalue weighted by atomic mass is 35.5. The van der Waals surface area contributed by atoms with Crippen LogP contribution in [0, 0.1) is 5.82 Å². The van der Waals surface area contributed by atoms with Gasteiger partial charge in [0.15, 0.2) is 0 Å². The number of halogens is 2. The molecule has 5 nitrogen and oxygen atoms in total. The molecule has 0 spiro atoms. The summed E-state index contributed by atoms with van der Waals surface area (Å²) in [6, 6.07) is 1.99. The summed E-state index contributed by atoms with van der Waals surface area (Å²) in [6.07, 6.45) is 0.251. The second-order valence-corrected chi connectivity index (χ2v) is 5.89. The summed E-state index contributed by atoms with van der Waals surface area (Å²) in [5.74, 6) is -1.40. The average molecular weight is 294 g/mol. The molecule has 1 heterocycles. The maximum Gasteiger partial charge on any atom is 0.324 e. The summed E-state index contributed by atoms with van der Waals surface area (Å²) in [6.45, 7) is 0.163. The van der Waals surface area contributed by atoms with Gasteiger partial charge >= 0.3 is 5.97 Å². The second-order valence-electron chi connectivity index (χ2n) is 3.74. The first-order valence-corrected chi connectivity index (χ1v) is 6.90. The molecule has 1 aliphatic rings. The quantitative estimate of drug-likeness (QED) is 0.846. The molecule has 1 aromatic rings. The van der Waals surface area contributed by atoms with Crippen LogP contribution in [0.15, 0.2) is 23.1 Å². The SMILES string of the molecule is O=C1OCC[C@@H]1NS(=O)(=O)c1cc(F)cc(Cl)c1. The van der Waals surface area contributed by atoms with Crippen LogP contribution in [0.2, 0.25) is 5.02 Å². The third-order valence-corrected chi connectivity index (χ3v) is 4.05. The molecular formula is C10H9ClFNO4S. The fourth-order valence-corrected chi connectivity index (χ4v) is 3.10. The van der Waals surface area contributed by atoms with Gasteiger partial charge in [-0.15, -0.1) is 0 Å². The lowest BCUT2D eigenvalue weighted by Gasteiger charge is -2.10. The molecule has 1 atom stereocenters. The number of ether oxygens (including phenoxy) is 1. The van der Waals surface area contributed by atoms with Crippen molar-refractivity contribution in [1.82, 2.24) is 4.72 Å². The number of cyclic esters (lactones) is 1. The van der Waals surface area contributed by atoms with Crippen molar-refractivity contribution in [2.24, 2.45) is 0 Å². The van der Waals surface area contributed by atoms with Gasteiger partial charge in [-0.1, -0.05) is 11.6 Å². The van der Waals surface area contributed by atoms with Crippen molar-refractivity contribution in [3.8, 4) is 0 Å².